The van der Waals surface area contributed by atoms with E-state index >= 15 is 0 Å². The zero-order valence-corrected chi connectivity index (χ0v) is 18.2. The molecule has 0 fully saturated rings. The highest BCUT2D eigenvalue weighted by atomic mass is 79.9. The van der Waals surface area contributed by atoms with Gasteiger partial charge >= 0.3 is 0 Å². The normalized spacial score (nSPS) is 11.2. The van der Waals surface area contributed by atoms with E-state index in [2.05, 4.69) is 129 Å². The largest absolute Gasteiger partial charge is 0.0616 e. The predicted molar refractivity (Wildman–Crippen MR) is 128 cm³/mol. The summed E-state index contributed by atoms with van der Waals surface area (Å²) in [6.45, 7) is 0. The second-order valence-electron chi connectivity index (χ2n) is 6.86. The fourth-order valence-electron chi connectivity index (χ4n) is 4.04. The van der Waals surface area contributed by atoms with Crippen LogP contribution in [0.25, 0.3) is 43.8 Å². The van der Waals surface area contributed by atoms with E-state index in [1.165, 1.54) is 43.8 Å². The highest BCUT2D eigenvalue weighted by Crippen LogP contribution is 2.44. The first-order valence-corrected chi connectivity index (χ1v) is 10.8. The Bertz CT molecular complexity index is 1170. The van der Waals surface area contributed by atoms with Crippen LogP contribution < -0.4 is 0 Å². The van der Waals surface area contributed by atoms with Gasteiger partial charge in [0.2, 0.25) is 0 Å². The molecule has 28 heavy (non-hydrogen) atoms. The van der Waals surface area contributed by atoms with Crippen LogP contribution in [-0.2, 0) is 0 Å². The summed E-state index contributed by atoms with van der Waals surface area (Å²) < 4.78 is 2.18. The Hall–Kier alpha value is -2.42. The third-order valence-corrected chi connectivity index (χ3v) is 6.14. The smallest absolute Gasteiger partial charge is 0.0181 e. The van der Waals surface area contributed by atoms with Crippen LogP contribution >= 0.6 is 31.9 Å². The third-order valence-electron chi connectivity index (χ3n) is 5.16. The van der Waals surface area contributed by atoms with E-state index in [0.717, 1.165) is 8.95 Å². The number of halogens is 2. The van der Waals surface area contributed by atoms with Gasteiger partial charge in [0.05, 0.1) is 0 Å². The van der Waals surface area contributed by atoms with Crippen molar-refractivity contribution in [3.63, 3.8) is 0 Å². The van der Waals surface area contributed by atoms with Gasteiger partial charge in [-0.1, -0.05) is 105 Å². The molecule has 134 valence electrons. The van der Waals surface area contributed by atoms with Crippen molar-refractivity contribution in [2.75, 3.05) is 0 Å². The SMILES string of the molecule is Brc1cccc(-c2c3ccccc3c(-c3cccc(Br)c3)c3ccccc23)c1. The molecule has 0 nitrogen and oxygen atoms in total. The van der Waals surface area contributed by atoms with Gasteiger partial charge in [0.25, 0.3) is 0 Å². The van der Waals surface area contributed by atoms with Gasteiger partial charge in [-0.15, -0.1) is 0 Å². The highest BCUT2D eigenvalue weighted by molar-refractivity contribution is 9.10. The topological polar surface area (TPSA) is 0 Å². The average Bonchev–Trinajstić information content (AvgIpc) is 2.72. The van der Waals surface area contributed by atoms with Crippen molar-refractivity contribution in [3.8, 4) is 22.3 Å². The molecule has 0 unspecified atom stereocenters. The maximum absolute atomic E-state index is 3.64. The van der Waals surface area contributed by atoms with Crippen molar-refractivity contribution in [2.24, 2.45) is 0 Å². The summed E-state index contributed by atoms with van der Waals surface area (Å²) in [4.78, 5) is 0. The van der Waals surface area contributed by atoms with Gasteiger partial charge in [-0.05, 0) is 68.1 Å². The number of hydrogen-bond acceptors (Lipinski definition) is 0. The molecule has 0 heterocycles. The molecule has 0 atom stereocenters. The summed E-state index contributed by atoms with van der Waals surface area (Å²) in [5.74, 6) is 0. The molecular formula is C26H16Br2. The van der Waals surface area contributed by atoms with Crippen LogP contribution in [0, 0.1) is 0 Å². The van der Waals surface area contributed by atoms with Gasteiger partial charge < -0.3 is 0 Å². The van der Waals surface area contributed by atoms with E-state index in [1.54, 1.807) is 0 Å². The summed E-state index contributed by atoms with van der Waals surface area (Å²) in [5.41, 5.74) is 5.02. The van der Waals surface area contributed by atoms with Crippen molar-refractivity contribution < 1.29 is 0 Å². The molecule has 5 aromatic rings. The van der Waals surface area contributed by atoms with E-state index in [-0.39, 0.29) is 0 Å². The standard InChI is InChI=1S/C26H16Br2/c27-19-9-5-7-17(15-19)25-21-11-1-2-12-22(21)26(18-8-6-10-20(28)16-18)24-14-4-3-13-23(24)25/h1-16H. The summed E-state index contributed by atoms with van der Waals surface area (Å²) in [7, 11) is 0. The maximum Gasteiger partial charge on any atom is 0.0181 e. The van der Waals surface area contributed by atoms with Crippen molar-refractivity contribution in [1.82, 2.24) is 0 Å². The molecule has 0 aliphatic heterocycles. The maximum atomic E-state index is 3.64. The Balaban J connectivity index is 2.00. The molecular weight excluding hydrogens is 472 g/mol. The second-order valence-corrected chi connectivity index (χ2v) is 8.69. The van der Waals surface area contributed by atoms with Gasteiger partial charge in [-0.2, -0.15) is 0 Å². The summed E-state index contributed by atoms with van der Waals surface area (Å²) in [6, 6.07) is 34.6. The molecule has 0 saturated carbocycles. The Kier molecular flexibility index (Phi) is 4.54. The van der Waals surface area contributed by atoms with E-state index in [9.17, 15) is 0 Å². The van der Waals surface area contributed by atoms with Crippen LogP contribution in [0.15, 0.2) is 106 Å². The molecule has 0 aliphatic rings. The minimum Gasteiger partial charge on any atom is -0.0616 e. The van der Waals surface area contributed by atoms with Gasteiger partial charge in [0.1, 0.15) is 0 Å². The highest BCUT2D eigenvalue weighted by Gasteiger charge is 2.16. The van der Waals surface area contributed by atoms with Crippen LogP contribution in [-0.4, -0.2) is 0 Å². The van der Waals surface area contributed by atoms with Crippen LogP contribution in [0.2, 0.25) is 0 Å². The Morgan fingerprint density at radius 1 is 0.393 bits per heavy atom. The monoisotopic (exact) mass is 486 g/mol. The van der Waals surface area contributed by atoms with Crippen LogP contribution in [0.5, 0.6) is 0 Å². The molecule has 0 bridgehead atoms. The number of rotatable bonds is 2. The molecule has 5 rings (SSSR count). The number of hydrogen-bond donors (Lipinski definition) is 0. The Morgan fingerprint density at radius 2 is 0.750 bits per heavy atom. The number of benzene rings is 5. The van der Waals surface area contributed by atoms with Crippen molar-refractivity contribution >= 4 is 53.4 Å². The second kappa shape index (κ2) is 7.20. The van der Waals surface area contributed by atoms with E-state index in [1.807, 2.05) is 0 Å². The zero-order chi connectivity index (χ0) is 19.1. The third kappa shape index (κ3) is 2.97. The minimum absolute atomic E-state index is 1.09. The summed E-state index contributed by atoms with van der Waals surface area (Å²) in [6.07, 6.45) is 0. The molecule has 0 spiro atoms. The lowest BCUT2D eigenvalue weighted by Crippen LogP contribution is -1.90. The van der Waals surface area contributed by atoms with E-state index in [0.29, 0.717) is 0 Å². The minimum atomic E-state index is 1.09. The molecule has 2 heteroatoms. The first-order chi connectivity index (χ1) is 13.7. The fourth-order valence-corrected chi connectivity index (χ4v) is 4.84. The lowest BCUT2D eigenvalue weighted by atomic mass is 9.86. The predicted octanol–water partition coefficient (Wildman–Crippen LogP) is 8.85. The van der Waals surface area contributed by atoms with Gasteiger partial charge in [-0.3, -0.25) is 0 Å². The van der Waals surface area contributed by atoms with E-state index in [4.69, 9.17) is 0 Å². The lowest BCUT2D eigenvalue weighted by molar-refractivity contribution is 1.61. The fraction of sp³-hybridized carbons (Fsp3) is 0. The van der Waals surface area contributed by atoms with Gasteiger partial charge in [-0.25, -0.2) is 0 Å². The van der Waals surface area contributed by atoms with Crippen LogP contribution in [0.3, 0.4) is 0 Å². The average molecular weight is 488 g/mol. The van der Waals surface area contributed by atoms with Crippen molar-refractivity contribution in [1.29, 1.82) is 0 Å². The zero-order valence-electron chi connectivity index (χ0n) is 15.0. The molecule has 0 aliphatic carbocycles. The molecule has 0 amide bonds. The molecule has 0 N–H and O–H groups in total. The Morgan fingerprint density at radius 3 is 1.07 bits per heavy atom. The van der Waals surface area contributed by atoms with Gasteiger partial charge in [0.15, 0.2) is 0 Å². The Labute approximate surface area is 181 Å². The van der Waals surface area contributed by atoms with E-state index < -0.39 is 0 Å². The van der Waals surface area contributed by atoms with Gasteiger partial charge in [0, 0.05) is 8.95 Å². The van der Waals surface area contributed by atoms with Crippen molar-refractivity contribution in [2.45, 2.75) is 0 Å². The van der Waals surface area contributed by atoms with Crippen molar-refractivity contribution in [3.05, 3.63) is 106 Å². The molecule has 0 radical (unpaired) electrons. The first kappa shape index (κ1) is 17.7. The van der Waals surface area contributed by atoms with Crippen LogP contribution in [0.4, 0.5) is 0 Å². The molecule has 5 aromatic carbocycles. The first-order valence-electron chi connectivity index (χ1n) is 9.18. The summed E-state index contributed by atoms with van der Waals surface area (Å²) in [5, 5.41) is 5.09. The molecule has 0 aromatic heterocycles. The number of fused-ring (bicyclic) bond motifs is 2. The summed E-state index contributed by atoms with van der Waals surface area (Å²) >= 11 is 7.28. The van der Waals surface area contributed by atoms with Crippen LogP contribution in [0.1, 0.15) is 0 Å². The molecule has 0 saturated heterocycles. The quantitative estimate of drug-likeness (QED) is 0.218. The lowest BCUT2D eigenvalue weighted by Gasteiger charge is -2.18.